The van der Waals surface area contributed by atoms with E-state index in [4.69, 9.17) is 14.9 Å². The van der Waals surface area contributed by atoms with Gasteiger partial charge in [-0.2, -0.15) is 0 Å². The Morgan fingerprint density at radius 2 is 1.81 bits per heavy atom. The number of hydrogen-bond donors (Lipinski definition) is 2. The third-order valence-electron chi connectivity index (χ3n) is 1.92. The fourth-order valence-electron chi connectivity index (χ4n) is 1.22. The number of carbonyl (C=O) groups excluding carboxylic acids is 1. The van der Waals surface area contributed by atoms with Crippen molar-refractivity contribution in [2.75, 3.05) is 6.61 Å². The van der Waals surface area contributed by atoms with Crippen molar-refractivity contribution in [2.24, 2.45) is 5.92 Å². The van der Waals surface area contributed by atoms with E-state index in [0.29, 0.717) is 0 Å². The molecule has 1 atom stereocenters. The summed E-state index contributed by atoms with van der Waals surface area (Å²) >= 11 is 0. The van der Waals surface area contributed by atoms with Crippen LogP contribution in [0, 0.1) is 5.92 Å². The Labute approximate surface area is 95.4 Å². The number of esters is 1. The van der Waals surface area contributed by atoms with Gasteiger partial charge in [-0.05, 0) is 33.6 Å². The molecule has 0 spiro atoms. The van der Waals surface area contributed by atoms with E-state index >= 15 is 0 Å². The van der Waals surface area contributed by atoms with Gasteiger partial charge in [0.1, 0.15) is 5.60 Å². The van der Waals surface area contributed by atoms with Crippen LogP contribution >= 0.6 is 0 Å². The van der Waals surface area contributed by atoms with Crippen molar-refractivity contribution in [3.8, 4) is 0 Å². The topological polar surface area (TPSA) is 83.8 Å². The average molecular weight is 232 g/mol. The Kier molecular flexibility index (Phi) is 6.03. The van der Waals surface area contributed by atoms with Gasteiger partial charge >= 0.3 is 11.9 Å². The van der Waals surface area contributed by atoms with E-state index in [2.05, 4.69) is 0 Å². The molecule has 0 aliphatic heterocycles. The smallest absolute Gasteiger partial charge is 0.309 e. The lowest BCUT2D eigenvalue weighted by Gasteiger charge is -2.23. The Balaban J connectivity index is 4.29. The highest BCUT2D eigenvalue weighted by molar-refractivity contribution is 5.74. The standard InChI is InChI=1S/C11H20O5/c1-11(2,3)16-10(15)8(6-7-12)4-5-9(13)14/h8,12H,4-7H2,1-3H3,(H,13,14). The molecule has 5 heteroatoms. The zero-order valence-corrected chi connectivity index (χ0v) is 10.0. The predicted molar refractivity (Wildman–Crippen MR) is 57.9 cm³/mol. The summed E-state index contributed by atoms with van der Waals surface area (Å²) in [7, 11) is 0. The minimum Gasteiger partial charge on any atom is -0.481 e. The van der Waals surface area contributed by atoms with Crippen molar-refractivity contribution in [3.05, 3.63) is 0 Å². The number of aliphatic hydroxyl groups is 1. The van der Waals surface area contributed by atoms with Gasteiger partial charge in [0.05, 0.1) is 5.92 Å². The van der Waals surface area contributed by atoms with Crippen LogP contribution in [0.5, 0.6) is 0 Å². The molecule has 0 heterocycles. The lowest BCUT2D eigenvalue weighted by Crippen LogP contribution is -2.29. The van der Waals surface area contributed by atoms with E-state index in [1.165, 1.54) is 0 Å². The first-order chi connectivity index (χ1) is 7.26. The molecule has 0 rings (SSSR count). The Bertz CT molecular complexity index is 241. The van der Waals surface area contributed by atoms with Crippen molar-refractivity contribution in [3.63, 3.8) is 0 Å². The largest absolute Gasteiger partial charge is 0.481 e. The summed E-state index contributed by atoms with van der Waals surface area (Å²) in [5.41, 5.74) is -0.589. The zero-order chi connectivity index (χ0) is 12.8. The highest BCUT2D eigenvalue weighted by Crippen LogP contribution is 2.17. The molecule has 0 saturated heterocycles. The van der Waals surface area contributed by atoms with Crippen LogP contribution in [0.1, 0.15) is 40.0 Å². The minimum absolute atomic E-state index is 0.0933. The number of ether oxygens (including phenoxy) is 1. The van der Waals surface area contributed by atoms with Gasteiger partial charge in [0.25, 0.3) is 0 Å². The Morgan fingerprint density at radius 1 is 1.25 bits per heavy atom. The molecule has 16 heavy (non-hydrogen) atoms. The molecule has 0 saturated carbocycles. The number of aliphatic hydroxyl groups excluding tert-OH is 1. The maximum absolute atomic E-state index is 11.6. The first-order valence-corrected chi connectivity index (χ1v) is 5.32. The second-order valence-corrected chi connectivity index (χ2v) is 4.68. The molecule has 0 amide bonds. The van der Waals surface area contributed by atoms with Crippen molar-refractivity contribution in [1.29, 1.82) is 0 Å². The fraction of sp³-hybridized carbons (Fsp3) is 0.818. The van der Waals surface area contributed by atoms with Crippen LogP contribution in [-0.4, -0.2) is 34.4 Å². The number of rotatable bonds is 6. The van der Waals surface area contributed by atoms with Gasteiger partial charge in [0.2, 0.25) is 0 Å². The third-order valence-corrected chi connectivity index (χ3v) is 1.92. The van der Waals surface area contributed by atoms with E-state index in [1.54, 1.807) is 20.8 Å². The summed E-state index contributed by atoms with van der Waals surface area (Å²) in [5.74, 6) is -1.94. The molecule has 2 N–H and O–H groups in total. The van der Waals surface area contributed by atoms with Gasteiger partial charge in [0, 0.05) is 13.0 Å². The molecule has 0 aromatic carbocycles. The lowest BCUT2D eigenvalue weighted by atomic mass is 9.99. The van der Waals surface area contributed by atoms with Gasteiger partial charge < -0.3 is 14.9 Å². The van der Waals surface area contributed by atoms with E-state index < -0.39 is 23.5 Å². The highest BCUT2D eigenvalue weighted by Gasteiger charge is 2.25. The first kappa shape index (κ1) is 14.9. The van der Waals surface area contributed by atoms with Gasteiger partial charge in [0.15, 0.2) is 0 Å². The quantitative estimate of drug-likeness (QED) is 0.672. The summed E-state index contributed by atoms with van der Waals surface area (Å²) in [6.45, 7) is 5.10. The van der Waals surface area contributed by atoms with Crippen LogP contribution in [-0.2, 0) is 14.3 Å². The van der Waals surface area contributed by atoms with E-state index in [0.717, 1.165) is 0 Å². The molecular weight excluding hydrogens is 212 g/mol. The van der Waals surface area contributed by atoms with Crippen LogP contribution < -0.4 is 0 Å². The van der Waals surface area contributed by atoms with Gasteiger partial charge in [-0.3, -0.25) is 9.59 Å². The summed E-state index contributed by atoms with van der Waals surface area (Å²) in [6.07, 6.45) is 0.344. The minimum atomic E-state index is -0.952. The van der Waals surface area contributed by atoms with Crippen LogP contribution in [0.3, 0.4) is 0 Å². The van der Waals surface area contributed by atoms with Gasteiger partial charge in [-0.25, -0.2) is 0 Å². The van der Waals surface area contributed by atoms with Crippen LogP contribution in [0.2, 0.25) is 0 Å². The van der Waals surface area contributed by atoms with Crippen molar-refractivity contribution in [1.82, 2.24) is 0 Å². The maximum Gasteiger partial charge on any atom is 0.309 e. The zero-order valence-electron chi connectivity index (χ0n) is 10.0. The van der Waals surface area contributed by atoms with E-state index in [1.807, 2.05) is 0 Å². The number of aliphatic carboxylic acids is 1. The summed E-state index contributed by atoms with van der Waals surface area (Å²) in [4.78, 5) is 22.0. The fourth-order valence-corrected chi connectivity index (χ4v) is 1.22. The van der Waals surface area contributed by atoms with Crippen molar-refractivity contribution < 1.29 is 24.5 Å². The molecule has 94 valence electrons. The third kappa shape index (κ3) is 7.23. The van der Waals surface area contributed by atoms with E-state index in [-0.39, 0.29) is 25.9 Å². The van der Waals surface area contributed by atoms with Crippen LogP contribution in [0.25, 0.3) is 0 Å². The molecule has 0 aromatic rings. The average Bonchev–Trinajstić information content (AvgIpc) is 2.08. The number of carbonyl (C=O) groups is 2. The van der Waals surface area contributed by atoms with Crippen molar-refractivity contribution in [2.45, 2.75) is 45.6 Å². The molecule has 0 bridgehead atoms. The van der Waals surface area contributed by atoms with Gasteiger partial charge in [-0.15, -0.1) is 0 Å². The monoisotopic (exact) mass is 232 g/mol. The molecule has 0 fully saturated rings. The second-order valence-electron chi connectivity index (χ2n) is 4.68. The number of hydrogen-bond acceptors (Lipinski definition) is 4. The molecule has 1 unspecified atom stereocenters. The summed E-state index contributed by atoms with van der Waals surface area (Å²) in [5, 5.41) is 17.3. The second kappa shape index (κ2) is 6.48. The number of carboxylic acids is 1. The predicted octanol–water partition coefficient (Wildman–Crippen LogP) is 1.19. The summed E-state index contributed by atoms with van der Waals surface area (Å²) in [6, 6.07) is 0. The first-order valence-electron chi connectivity index (χ1n) is 5.32. The van der Waals surface area contributed by atoms with E-state index in [9.17, 15) is 9.59 Å². The van der Waals surface area contributed by atoms with Crippen LogP contribution in [0.15, 0.2) is 0 Å². The molecular formula is C11H20O5. The molecule has 0 aliphatic carbocycles. The summed E-state index contributed by atoms with van der Waals surface area (Å²) < 4.78 is 5.14. The normalized spacial score (nSPS) is 13.2. The van der Waals surface area contributed by atoms with Crippen LogP contribution in [0.4, 0.5) is 0 Å². The molecule has 0 aliphatic rings. The SMILES string of the molecule is CC(C)(C)OC(=O)C(CCO)CCC(=O)O. The van der Waals surface area contributed by atoms with Gasteiger partial charge in [-0.1, -0.05) is 0 Å². The molecule has 0 radical (unpaired) electrons. The maximum atomic E-state index is 11.6. The molecule has 5 nitrogen and oxygen atoms in total. The Morgan fingerprint density at radius 3 is 2.19 bits per heavy atom. The lowest BCUT2D eigenvalue weighted by molar-refractivity contribution is -0.161. The highest BCUT2D eigenvalue weighted by atomic mass is 16.6. The van der Waals surface area contributed by atoms with Crippen molar-refractivity contribution >= 4 is 11.9 Å². The Hall–Kier alpha value is -1.10. The molecule has 0 aromatic heterocycles. The number of carboxylic acid groups (broad SMARTS) is 1.